The molecule has 1 N–H and O–H groups in total. The first-order valence-electron chi connectivity index (χ1n) is 6.46. The number of halogens is 5. The van der Waals surface area contributed by atoms with Crippen molar-refractivity contribution in [2.45, 2.75) is 25.3 Å². The van der Waals surface area contributed by atoms with E-state index in [1.54, 1.807) is 37.3 Å². The Balaban J connectivity index is 2.64. The van der Waals surface area contributed by atoms with E-state index in [2.05, 4.69) is 21.2 Å². The molecule has 0 aliphatic rings. The standard InChI is InChI=1S/C15H14BrF4N/c1-2-21-13(15(19,20)14(17)18)11-7-8-12(16)10-6-4-3-5-9(10)11/h3-8,13-14,21H,2H2,1H3. The fourth-order valence-electron chi connectivity index (χ4n) is 2.32. The number of alkyl halides is 4. The van der Waals surface area contributed by atoms with Crippen molar-refractivity contribution < 1.29 is 17.6 Å². The monoisotopic (exact) mass is 363 g/mol. The van der Waals surface area contributed by atoms with Crippen LogP contribution >= 0.6 is 15.9 Å². The van der Waals surface area contributed by atoms with Crippen LogP contribution < -0.4 is 5.32 Å². The average molecular weight is 364 g/mol. The van der Waals surface area contributed by atoms with Gasteiger partial charge in [-0.05, 0) is 28.9 Å². The molecule has 6 heteroatoms. The summed E-state index contributed by atoms with van der Waals surface area (Å²) >= 11 is 3.34. The Morgan fingerprint density at radius 1 is 1.10 bits per heavy atom. The highest BCUT2D eigenvalue weighted by Crippen LogP contribution is 2.40. The highest BCUT2D eigenvalue weighted by atomic mass is 79.9. The van der Waals surface area contributed by atoms with E-state index in [4.69, 9.17) is 0 Å². The summed E-state index contributed by atoms with van der Waals surface area (Å²) < 4.78 is 54.0. The van der Waals surface area contributed by atoms with Crippen molar-refractivity contribution in [2.24, 2.45) is 0 Å². The molecule has 0 saturated carbocycles. The van der Waals surface area contributed by atoms with Crippen LogP contribution in [-0.2, 0) is 0 Å². The maximum absolute atomic E-state index is 13.9. The Bertz CT molecular complexity index is 630. The lowest BCUT2D eigenvalue weighted by Gasteiger charge is -2.28. The Kier molecular flexibility index (Phi) is 4.88. The molecule has 0 aromatic heterocycles. The third-order valence-electron chi connectivity index (χ3n) is 3.30. The summed E-state index contributed by atoms with van der Waals surface area (Å²) in [4.78, 5) is 0. The third-order valence-corrected chi connectivity index (χ3v) is 3.99. The van der Waals surface area contributed by atoms with Crippen LogP contribution in [0.5, 0.6) is 0 Å². The van der Waals surface area contributed by atoms with Gasteiger partial charge in [0, 0.05) is 4.47 Å². The largest absolute Gasteiger partial charge is 0.326 e. The smallest absolute Gasteiger partial charge is 0.305 e. The van der Waals surface area contributed by atoms with Gasteiger partial charge in [0.05, 0.1) is 0 Å². The molecule has 2 aromatic rings. The van der Waals surface area contributed by atoms with E-state index < -0.39 is 18.4 Å². The minimum atomic E-state index is -4.15. The fourth-order valence-corrected chi connectivity index (χ4v) is 2.80. The Labute approximate surface area is 128 Å². The molecule has 2 aromatic carbocycles. The Hall–Kier alpha value is -1.14. The molecule has 0 aliphatic carbocycles. The van der Waals surface area contributed by atoms with Gasteiger partial charge in [-0.3, -0.25) is 0 Å². The third kappa shape index (κ3) is 3.06. The molecule has 1 atom stereocenters. The zero-order valence-corrected chi connectivity index (χ0v) is 12.8. The highest BCUT2D eigenvalue weighted by molar-refractivity contribution is 9.10. The summed E-state index contributed by atoms with van der Waals surface area (Å²) in [5.41, 5.74) is 0.168. The molecule has 0 amide bonds. The van der Waals surface area contributed by atoms with Gasteiger partial charge in [0.15, 0.2) is 0 Å². The van der Waals surface area contributed by atoms with Gasteiger partial charge >= 0.3 is 12.3 Å². The van der Waals surface area contributed by atoms with Gasteiger partial charge in [-0.25, -0.2) is 8.78 Å². The van der Waals surface area contributed by atoms with Crippen LogP contribution in [0.2, 0.25) is 0 Å². The van der Waals surface area contributed by atoms with E-state index in [0.717, 1.165) is 4.47 Å². The molecule has 0 fully saturated rings. The predicted molar refractivity (Wildman–Crippen MR) is 79.0 cm³/mol. The summed E-state index contributed by atoms with van der Waals surface area (Å²) in [5, 5.41) is 3.72. The van der Waals surface area contributed by atoms with E-state index in [0.29, 0.717) is 10.8 Å². The topological polar surface area (TPSA) is 12.0 Å². The lowest BCUT2D eigenvalue weighted by Crippen LogP contribution is -2.42. The summed E-state index contributed by atoms with van der Waals surface area (Å²) in [7, 11) is 0. The van der Waals surface area contributed by atoms with E-state index in [-0.39, 0.29) is 12.1 Å². The zero-order chi connectivity index (χ0) is 15.6. The van der Waals surface area contributed by atoms with Crippen LogP contribution in [0.3, 0.4) is 0 Å². The van der Waals surface area contributed by atoms with E-state index in [1.165, 1.54) is 6.07 Å². The van der Waals surface area contributed by atoms with Crippen molar-refractivity contribution in [3.63, 3.8) is 0 Å². The fraction of sp³-hybridized carbons (Fsp3) is 0.333. The quantitative estimate of drug-likeness (QED) is 0.724. The Morgan fingerprint density at radius 3 is 2.29 bits per heavy atom. The Morgan fingerprint density at radius 2 is 1.71 bits per heavy atom. The van der Waals surface area contributed by atoms with E-state index in [1.807, 2.05) is 0 Å². The molecular formula is C15H14BrF4N. The molecule has 0 aliphatic heterocycles. The lowest BCUT2D eigenvalue weighted by atomic mass is 9.94. The van der Waals surface area contributed by atoms with E-state index in [9.17, 15) is 17.6 Å². The summed E-state index contributed by atoms with van der Waals surface area (Å²) in [5.74, 6) is -4.15. The number of fused-ring (bicyclic) bond motifs is 1. The molecule has 1 unspecified atom stereocenters. The molecule has 1 nitrogen and oxygen atoms in total. The number of hydrogen-bond acceptors (Lipinski definition) is 1. The molecule has 21 heavy (non-hydrogen) atoms. The van der Waals surface area contributed by atoms with Crippen molar-refractivity contribution in [3.8, 4) is 0 Å². The summed E-state index contributed by atoms with van der Waals surface area (Å²) in [6, 6.07) is 8.19. The number of hydrogen-bond donors (Lipinski definition) is 1. The van der Waals surface area contributed by atoms with Gasteiger partial charge < -0.3 is 5.32 Å². The van der Waals surface area contributed by atoms with Crippen molar-refractivity contribution in [1.82, 2.24) is 5.32 Å². The van der Waals surface area contributed by atoms with Gasteiger partial charge in [0.1, 0.15) is 6.04 Å². The minimum absolute atomic E-state index is 0.164. The average Bonchev–Trinajstić information content (AvgIpc) is 2.46. The second kappa shape index (κ2) is 6.32. The zero-order valence-electron chi connectivity index (χ0n) is 11.2. The van der Waals surface area contributed by atoms with E-state index >= 15 is 0 Å². The van der Waals surface area contributed by atoms with Crippen molar-refractivity contribution in [3.05, 3.63) is 46.4 Å². The van der Waals surface area contributed by atoms with Crippen LogP contribution in [0.15, 0.2) is 40.9 Å². The van der Waals surface area contributed by atoms with Crippen LogP contribution in [0.1, 0.15) is 18.5 Å². The van der Waals surface area contributed by atoms with Gasteiger partial charge in [0.25, 0.3) is 0 Å². The van der Waals surface area contributed by atoms with Gasteiger partial charge in [0.2, 0.25) is 0 Å². The number of benzene rings is 2. The van der Waals surface area contributed by atoms with Crippen LogP contribution in [0.25, 0.3) is 10.8 Å². The molecule has 0 bridgehead atoms. The molecule has 0 saturated heterocycles. The molecular weight excluding hydrogens is 350 g/mol. The maximum atomic E-state index is 13.9. The van der Waals surface area contributed by atoms with Gasteiger partial charge in [-0.15, -0.1) is 0 Å². The normalized spacial score (nSPS) is 13.9. The van der Waals surface area contributed by atoms with Crippen molar-refractivity contribution in [1.29, 1.82) is 0 Å². The second-order valence-corrected chi connectivity index (χ2v) is 5.50. The first-order chi connectivity index (χ1) is 9.89. The number of nitrogens with one attached hydrogen (secondary N) is 1. The summed E-state index contributed by atoms with van der Waals surface area (Å²) in [6.45, 7) is 1.77. The van der Waals surface area contributed by atoms with Crippen LogP contribution in [0, 0.1) is 0 Å². The SMILES string of the molecule is CCNC(c1ccc(Br)c2ccccc12)C(F)(F)C(F)F. The summed E-state index contributed by atoms with van der Waals surface area (Å²) in [6.07, 6.45) is -3.73. The molecule has 0 spiro atoms. The molecule has 0 radical (unpaired) electrons. The second-order valence-electron chi connectivity index (χ2n) is 4.65. The lowest BCUT2D eigenvalue weighted by molar-refractivity contribution is -0.151. The van der Waals surface area contributed by atoms with Crippen LogP contribution in [-0.4, -0.2) is 18.9 Å². The maximum Gasteiger partial charge on any atom is 0.326 e. The highest BCUT2D eigenvalue weighted by Gasteiger charge is 2.49. The molecule has 0 heterocycles. The predicted octanol–water partition coefficient (Wildman–Crippen LogP) is 5.15. The van der Waals surface area contributed by atoms with Crippen LogP contribution in [0.4, 0.5) is 17.6 Å². The van der Waals surface area contributed by atoms with Crippen molar-refractivity contribution >= 4 is 26.7 Å². The van der Waals surface area contributed by atoms with Crippen molar-refractivity contribution in [2.75, 3.05) is 6.54 Å². The van der Waals surface area contributed by atoms with Gasteiger partial charge in [-0.2, -0.15) is 8.78 Å². The number of rotatable bonds is 5. The first-order valence-corrected chi connectivity index (χ1v) is 7.25. The van der Waals surface area contributed by atoms with Gasteiger partial charge in [-0.1, -0.05) is 53.2 Å². The first kappa shape index (κ1) is 16.2. The molecule has 2 rings (SSSR count). The molecule has 114 valence electrons. The minimum Gasteiger partial charge on any atom is -0.305 e.